The maximum Gasteiger partial charge on any atom is 0.173 e. The number of H-pyrrole nitrogens is 1. The van der Waals surface area contributed by atoms with Gasteiger partial charge >= 0.3 is 0 Å². The molecule has 6 nitrogen and oxygen atoms in total. The highest BCUT2D eigenvalue weighted by Crippen LogP contribution is 2.36. The molecule has 0 unspecified atom stereocenters. The second kappa shape index (κ2) is 5.50. The van der Waals surface area contributed by atoms with Crippen LogP contribution >= 0.6 is 0 Å². The van der Waals surface area contributed by atoms with Crippen molar-refractivity contribution in [2.45, 2.75) is 6.54 Å². The van der Waals surface area contributed by atoms with Gasteiger partial charge < -0.3 is 15.8 Å². The quantitative estimate of drug-likeness (QED) is 0.541. The Kier molecular flexibility index (Phi) is 3.32. The summed E-state index contributed by atoms with van der Waals surface area (Å²) in [6.45, 7) is 0.472. The Bertz CT molecular complexity index is 1020. The zero-order chi connectivity index (χ0) is 16.7. The third kappa shape index (κ3) is 2.24. The van der Waals surface area contributed by atoms with E-state index in [1.807, 2.05) is 48.5 Å². The molecule has 0 aliphatic heterocycles. The van der Waals surface area contributed by atoms with E-state index in [4.69, 9.17) is 5.73 Å². The van der Waals surface area contributed by atoms with E-state index in [1.54, 1.807) is 11.7 Å². The molecule has 4 rings (SSSR count). The molecule has 6 heteroatoms. The second-order valence-corrected chi connectivity index (χ2v) is 5.68. The molecule has 0 bridgehead atoms. The highest BCUT2D eigenvalue weighted by atomic mass is 16.3. The molecule has 0 spiro atoms. The monoisotopic (exact) mass is 319 g/mol. The summed E-state index contributed by atoms with van der Waals surface area (Å²) in [4.78, 5) is 7.82. The highest BCUT2D eigenvalue weighted by Gasteiger charge is 2.20. The SMILES string of the molecule is Cn1nc(-c2ccccc2)c(O)c1-c1nc2ccc(CN)cc2[nH]1. The van der Waals surface area contributed by atoms with Crippen LogP contribution in [0.5, 0.6) is 5.75 Å². The molecule has 2 heterocycles. The number of aromatic nitrogens is 4. The summed E-state index contributed by atoms with van der Waals surface area (Å²) in [5.41, 5.74) is 10.4. The number of aromatic hydroxyl groups is 1. The zero-order valence-electron chi connectivity index (χ0n) is 13.2. The number of hydrogen-bond donors (Lipinski definition) is 3. The molecule has 0 saturated heterocycles. The first kappa shape index (κ1) is 14.5. The van der Waals surface area contributed by atoms with E-state index in [0.717, 1.165) is 22.2 Å². The Morgan fingerprint density at radius 1 is 1.17 bits per heavy atom. The van der Waals surface area contributed by atoms with Crippen LogP contribution < -0.4 is 5.73 Å². The van der Waals surface area contributed by atoms with Crippen LogP contribution in [0.15, 0.2) is 48.5 Å². The molecule has 2 aromatic carbocycles. The molecule has 2 aromatic heterocycles. The lowest BCUT2D eigenvalue weighted by Crippen LogP contribution is -1.95. The number of imidazole rings is 1. The zero-order valence-corrected chi connectivity index (χ0v) is 13.2. The minimum atomic E-state index is 0.113. The molecule has 0 amide bonds. The van der Waals surface area contributed by atoms with Crippen molar-refractivity contribution in [3.8, 4) is 28.5 Å². The van der Waals surface area contributed by atoms with E-state index >= 15 is 0 Å². The Hall–Kier alpha value is -3.12. The number of nitrogens with two attached hydrogens (primary N) is 1. The van der Waals surface area contributed by atoms with Crippen molar-refractivity contribution in [3.05, 3.63) is 54.1 Å². The number of aromatic amines is 1. The van der Waals surface area contributed by atoms with Crippen LogP contribution in [0, 0.1) is 0 Å². The normalized spacial score (nSPS) is 11.2. The molecule has 24 heavy (non-hydrogen) atoms. The average molecular weight is 319 g/mol. The van der Waals surface area contributed by atoms with Crippen LogP contribution in [-0.2, 0) is 13.6 Å². The Labute approximate surface area is 138 Å². The van der Waals surface area contributed by atoms with Crippen molar-refractivity contribution in [2.24, 2.45) is 12.8 Å². The topological polar surface area (TPSA) is 92.8 Å². The standard InChI is InChI=1S/C18H17N5O/c1-23-16(17(24)15(22-23)12-5-3-2-4-6-12)18-20-13-8-7-11(10-19)9-14(13)21-18/h2-9,24H,10,19H2,1H3,(H,20,21). The summed E-state index contributed by atoms with van der Waals surface area (Å²) in [5.74, 6) is 0.690. The molecular formula is C18H17N5O. The summed E-state index contributed by atoms with van der Waals surface area (Å²) < 4.78 is 1.64. The molecule has 0 saturated carbocycles. The summed E-state index contributed by atoms with van der Waals surface area (Å²) >= 11 is 0. The van der Waals surface area contributed by atoms with Crippen molar-refractivity contribution in [1.29, 1.82) is 0 Å². The number of nitrogens with zero attached hydrogens (tertiary/aromatic N) is 3. The van der Waals surface area contributed by atoms with Gasteiger partial charge in [0.25, 0.3) is 0 Å². The van der Waals surface area contributed by atoms with Gasteiger partial charge in [-0.15, -0.1) is 0 Å². The third-order valence-corrected chi connectivity index (χ3v) is 4.08. The van der Waals surface area contributed by atoms with Gasteiger partial charge in [0.1, 0.15) is 11.4 Å². The first-order chi connectivity index (χ1) is 11.7. The van der Waals surface area contributed by atoms with Crippen LogP contribution in [0.25, 0.3) is 33.8 Å². The number of nitrogens with one attached hydrogen (secondary N) is 1. The number of fused-ring (bicyclic) bond motifs is 1. The van der Waals surface area contributed by atoms with Crippen LogP contribution in [0.1, 0.15) is 5.56 Å². The lowest BCUT2D eigenvalue weighted by Gasteiger charge is -1.98. The van der Waals surface area contributed by atoms with Crippen molar-refractivity contribution in [2.75, 3.05) is 0 Å². The molecule has 120 valence electrons. The molecule has 0 aliphatic rings. The molecule has 0 radical (unpaired) electrons. The van der Waals surface area contributed by atoms with E-state index in [2.05, 4.69) is 15.1 Å². The average Bonchev–Trinajstić information content (AvgIpc) is 3.15. The highest BCUT2D eigenvalue weighted by molar-refractivity contribution is 5.82. The van der Waals surface area contributed by atoms with E-state index < -0.39 is 0 Å². The largest absolute Gasteiger partial charge is 0.504 e. The lowest BCUT2D eigenvalue weighted by molar-refractivity contribution is 0.478. The third-order valence-electron chi connectivity index (χ3n) is 4.08. The van der Waals surface area contributed by atoms with E-state index in [0.29, 0.717) is 23.8 Å². The van der Waals surface area contributed by atoms with Crippen LogP contribution in [0.2, 0.25) is 0 Å². The van der Waals surface area contributed by atoms with Gasteiger partial charge in [-0.2, -0.15) is 5.10 Å². The number of rotatable bonds is 3. The predicted molar refractivity (Wildman–Crippen MR) is 93.3 cm³/mol. The number of benzene rings is 2. The van der Waals surface area contributed by atoms with Gasteiger partial charge in [-0.05, 0) is 17.7 Å². The van der Waals surface area contributed by atoms with Gasteiger partial charge in [-0.25, -0.2) is 4.98 Å². The fraction of sp³-hybridized carbons (Fsp3) is 0.111. The van der Waals surface area contributed by atoms with Gasteiger partial charge in [0.05, 0.1) is 11.0 Å². The summed E-state index contributed by atoms with van der Waals surface area (Å²) in [6, 6.07) is 15.4. The van der Waals surface area contributed by atoms with Crippen LogP contribution in [0.4, 0.5) is 0 Å². The molecular weight excluding hydrogens is 302 g/mol. The van der Waals surface area contributed by atoms with Gasteiger partial charge in [-0.1, -0.05) is 36.4 Å². The van der Waals surface area contributed by atoms with Crippen molar-refractivity contribution in [3.63, 3.8) is 0 Å². The van der Waals surface area contributed by atoms with E-state index in [9.17, 15) is 5.11 Å². The summed E-state index contributed by atoms with van der Waals surface area (Å²) in [6.07, 6.45) is 0. The van der Waals surface area contributed by atoms with Gasteiger partial charge in [-0.3, -0.25) is 4.68 Å². The molecule has 0 fully saturated rings. The smallest absolute Gasteiger partial charge is 0.173 e. The van der Waals surface area contributed by atoms with Gasteiger partial charge in [0.2, 0.25) is 0 Å². The van der Waals surface area contributed by atoms with Crippen LogP contribution in [0.3, 0.4) is 0 Å². The lowest BCUT2D eigenvalue weighted by atomic mass is 10.1. The number of aryl methyl sites for hydroxylation is 1. The molecule has 4 aromatic rings. The minimum Gasteiger partial charge on any atom is -0.504 e. The maximum absolute atomic E-state index is 10.7. The number of hydrogen-bond acceptors (Lipinski definition) is 4. The van der Waals surface area contributed by atoms with E-state index in [1.165, 1.54) is 0 Å². The maximum atomic E-state index is 10.7. The minimum absolute atomic E-state index is 0.113. The predicted octanol–water partition coefficient (Wildman–Crippen LogP) is 2.79. The summed E-state index contributed by atoms with van der Waals surface area (Å²) in [7, 11) is 1.79. The van der Waals surface area contributed by atoms with Crippen LogP contribution in [-0.4, -0.2) is 24.9 Å². The van der Waals surface area contributed by atoms with Crippen molar-refractivity contribution >= 4 is 11.0 Å². The van der Waals surface area contributed by atoms with Crippen molar-refractivity contribution < 1.29 is 5.11 Å². The second-order valence-electron chi connectivity index (χ2n) is 5.68. The Morgan fingerprint density at radius 3 is 2.71 bits per heavy atom. The fourth-order valence-corrected chi connectivity index (χ4v) is 2.86. The van der Waals surface area contributed by atoms with Gasteiger partial charge in [0, 0.05) is 19.2 Å². The molecule has 0 aliphatic carbocycles. The summed E-state index contributed by atoms with van der Waals surface area (Å²) in [5, 5.41) is 15.1. The first-order valence-electron chi connectivity index (χ1n) is 7.68. The van der Waals surface area contributed by atoms with E-state index in [-0.39, 0.29) is 5.75 Å². The van der Waals surface area contributed by atoms with Gasteiger partial charge in [0.15, 0.2) is 11.6 Å². The van der Waals surface area contributed by atoms with Crippen molar-refractivity contribution in [1.82, 2.24) is 19.7 Å². The Morgan fingerprint density at radius 2 is 1.96 bits per heavy atom. The first-order valence-corrected chi connectivity index (χ1v) is 7.68. The molecule has 0 atom stereocenters. The Balaban J connectivity index is 1.86. The fourth-order valence-electron chi connectivity index (χ4n) is 2.86. The molecule has 4 N–H and O–H groups in total.